The zero-order valence-corrected chi connectivity index (χ0v) is 19.8. The van der Waals surface area contributed by atoms with Crippen molar-refractivity contribution in [2.45, 2.75) is 25.8 Å². The van der Waals surface area contributed by atoms with Crippen LogP contribution in [0.3, 0.4) is 0 Å². The molecule has 2 N–H and O–H groups in total. The largest absolute Gasteiger partial charge is 0.493 e. The van der Waals surface area contributed by atoms with E-state index in [1.807, 2.05) is 37.3 Å². The van der Waals surface area contributed by atoms with Crippen LogP contribution in [-0.4, -0.2) is 54.5 Å². The molecule has 10 nitrogen and oxygen atoms in total. The molecule has 0 saturated carbocycles. The number of fused-ring (bicyclic) bond motifs is 4. The van der Waals surface area contributed by atoms with Gasteiger partial charge in [0.1, 0.15) is 11.3 Å². The lowest BCUT2D eigenvalue weighted by molar-refractivity contribution is 0.0595. The molecule has 1 aliphatic rings. The summed E-state index contributed by atoms with van der Waals surface area (Å²) in [5.74, 6) is 0.568. The van der Waals surface area contributed by atoms with E-state index in [1.54, 1.807) is 18.2 Å². The molecule has 3 aromatic rings. The first-order valence-electron chi connectivity index (χ1n) is 11.6. The maximum absolute atomic E-state index is 12.2. The molecule has 0 radical (unpaired) electrons. The first kappa shape index (κ1) is 24.2. The van der Waals surface area contributed by atoms with Crippen LogP contribution in [0.5, 0.6) is 11.8 Å². The molecule has 184 valence electrons. The Morgan fingerprint density at radius 3 is 2.66 bits per heavy atom. The van der Waals surface area contributed by atoms with Crippen LogP contribution in [0.25, 0.3) is 0 Å². The summed E-state index contributed by atoms with van der Waals surface area (Å²) in [5.41, 5.74) is 2.03. The third-order valence-corrected chi connectivity index (χ3v) is 5.26. The number of nitrogens with one attached hydrogen (secondary N) is 2. The first-order valence-corrected chi connectivity index (χ1v) is 11.6. The van der Waals surface area contributed by atoms with Crippen molar-refractivity contribution in [2.75, 3.05) is 44.2 Å². The molecule has 0 aliphatic carbocycles. The zero-order chi connectivity index (χ0) is 24.5. The lowest BCUT2D eigenvalue weighted by atomic mass is 10.1. The van der Waals surface area contributed by atoms with Crippen molar-refractivity contribution in [3.05, 3.63) is 59.7 Å². The van der Waals surface area contributed by atoms with E-state index in [-0.39, 0.29) is 18.0 Å². The van der Waals surface area contributed by atoms with Gasteiger partial charge in [0.2, 0.25) is 11.9 Å². The zero-order valence-electron chi connectivity index (χ0n) is 19.8. The number of carbonyl (C=O) groups is 1. The number of hydrogen-bond donors (Lipinski definition) is 2. The Morgan fingerprint density at radius 1 is 1.06 bits per heavy atom. The van der Waals surface area contributed by atoms with Crippen molar-refractivity contribution >= 4 is 23.6 Å². The Labute approximate surface area is 204 Å². The monoisotopic (exact) mass is 479 g/mol. The standard InChI is InChI=1S/C25H29N5O5/c1-3-34-25-29-23-26-18-11-12-19(22(31)32-2)21(15-18)35-14-8-7-13-33-16-20(27-24(28-23)30-25)17-9-5-4-6-10-17/h4-6,9-12,15,20H,3,7-8,13-14,16H2,1-2H3,(H2,26,27,28,29,30)/t20-/m1/s1. The highest BCUT2D eigenvalue weighted by Crippen LogP contribution is 2.27. The summed E-state index contributed by atoms with van der Waals surface area (Å²) in [5, 5.41) is 6.52. The van der Waals surface area contributed by atoms with Crippen molar-refractivity contribution in [1.82, 2.24) is 15.0 Å². The van der Waals surface area contributed by atoms with Crippen molar-refractivity contribution in [2.24, 2.45) is 0 Å². The Hall–Kier alpha value is -3.92. The van der Waals surface area contributed by atoms with E-state index in [0.29, 0.717) is 49.4 Å². The second-order valence-electron chi connectivity index (χ2n) is 7.76. The van der Waals surface area contributed by atoms with Crippen LogP contribution in [-0.2, 0) is 9.47 Å². The van der Waals surface area contributed by atoms with Gasteiger partial charge in [-0.2, -0.15) is 15.0 Å². The van der Waals surface area contributed by atoms with Crippen LogP contribution in [0.4, 0.5) is 17.6 Å². The van der Waals surface area contributed by atoms with Crippen molar-refractivity contribution in [3.63, 3.8) is 0 Å². The molecular formula is C25H29N5O5. The summed E-state index contributed by atoms with van der Waals surface area (Å²) in [7, 11) is 1.34. The minimum absolute atomic E-state index is 0.170. The minimum Gasteiger partial charge on any atom is -0.493 e. The molecule has 0 spiro atoms. The van der Waals surface area contributed by atoms with Crippen LogP contribution in [0.1, 0.15) is 41.7 Å². The summed E-state index contributed by atoms with van der Waals surface area (Å²) in [6.45, 7) is 3.68. The quantitative estimate of drug-likeness (QED) is 0.529. The van der Waals surface area contributed by atoms with Gasteiger partial charge in [0.25, 0.3) is 0 Å². The number of ether oxygens (including phenoxy) is 4. The van der Waals surface area contributed by atoms with Crippen molar-refractivity contribution in [3.8, 4) is 11.8 Å². The molecule has 4 bridgehead atoms. The van der Waals surface area contributed by atoms with Crippen LogP contribution in [0.2, 0.25) is 0 Å². The van der Waals surface area contributed by atoms with Gasteiger partial charge >= 0.3 is 12.0 Å². The highest BCUT2D eigenvalue weighted by atomic mass is 16.5. The molecule has 10 heteroatoms. The van der Waals surface area contributed by atoms with Crippen LogP contribution in [0.15, 0.2) is 48.5 Å². The van der Waals surface area contributed by atoms with Crippen LogP contribution < -0.4 is 20.1 Å². The lowest BCUT2D eigenvalue weighted by Crippen LogP contribution is -2.20. The van der Waals surface area contributed by atoms with E-state index in [4.69, 9.17) is 18.9 Å². The van der Waals surface area contributed by atoms with Crippen LogP contribution in [0, 0.1) is 0 Å². The van der Waals surface area contributed by atoms with Crippen molar-refractivity contribution < 1.29 is 23.7 Å². The fourth-order valence-electron chi connectivity index (χ4n) is 3.55. The topological polar surface area (TPSA) is 117 Å². The molecule has 0 unspecified atom stereocenters. The number of methoxy groups -OCH3 is 1. The van der Waals surface area contributed by atoms with E-state index < -0.39 is 5.97 Å². The molecule has 1 atom stereocenters. The van der Waals surface area contributed by atoms with Gasteiger partial charge in [0, 0.05) is 18.4 Å². The summed E-state index contributed by atoms with van der Waals surface area (Å²) < 4.78 is 22.3. The van der Waals surface area contributed by atoms with E-state index in [0.717, 1.165) is 18.4 Å². The van der Waals surface area contributed by atoms with E-state index in [1.165, 1.54) is 7.11 Å². The van der Waals surface area contributed by atoms with Gasteiger partial charge < -0.3 is 29.6 Å². The highest BCUT2D eigenvalue weighted by Gasteiger charge is 2.18. The summed E-state index contributed by atoms with van der Waals surface area (Å²) in [4.78, 5) is 25.5. The fraction of sp³-hybridized carbons (Fsp3) is 0.360. The Kier molecular flexibility index (Phi) is 8.29. The van der Waals surface area contributed by atoms with E-state index in [2.05, 4.69) is 25.6 Å². The van der Waals surface area contributed by atoms with Gasteiger partial charge in [0.15, 0.2) is 0 Å². The summed E-state index contributed by atoms with van der Waals surface area (Å²) >= 11 is 0. The van der Waals surface area contributed by atoms with Gasteiger partial charge in [-0.3, -0.25) is 0 Å². The number of anilines is 3. The number of benzene rings is 2. The average Bonchev–Trinajstić information content (AvgIpc) is 2.87. The minimum atomic E-state index is -0.471. The third-order valence-electron chi connectivity index (χ3n) is 5.26. The normalized spacial score (nSPS) is 16.2. The second-order valence-corrected chi connectivity index (χ2v) is 7.76. The number of rotatable bonds is 4. The SMILES string of the molecule is CCOc1nc2nc(n1)N[C@@H](c1ccccc1)COCCCCOc1cc(ccc1C(=O)OC)N2. The molecule has 0 amide bonds. The molecule has 2 heterocycles. The molecule has 0 saturated heterocycles. The number of carbonyl (C=O) groups excluding carboxylic acids is 1. The predicted molar refractivity (Wildman–Crippen MR) is 130 cm³/mol. The Balaban J connectivity index is 1.69. The Bertz CT molecular complexity index is 1130. The maximum atomic E-state index is 12.2. The molecule has 35 heavy (non-hydrogen) atoms. The maximum Gasteiger partial charge on any atom is 0.341 e. The lowest BCUT2D eigenvalue weighted by Gasteiger charge is -2.20. The van der Waals surface area contributed by atoms with Crippen LogP contribution >= 0.6 is 0 Å². The van der Waals surface area contributed by atoms with Gasteiger partial charge in [-0.25, -0.2) is 4.79 Å². The van der Waals surface area contributed by atoms with E-state index in [9.17, 15) is 4.79 Å². The van der Waals surface area contributed by atoms with Gasteiger partial charge in [-0.1, -0.05) is 30.3 Å². The fourth-order valence-corrected chi connectivity index (χ4v) is 3.55. The highest BCUT2D eigenvalue weighted by molar-refractivity contribution is 5.93. The van der Waals surface area contributed by atoms with Gasteiger partial charge in [-0.05, 0) is 37.5 Å². The van der Waals surface area contributed by atoms with Gasteiger partial charge in [0.05, 0.1) is 33.0 Å². The average molecular weight is 480 g/mol. The Morgan fingerprint density at radius 2 is 1.86 bits per heavy atom. The molecule has 2 aromatic carbocycles. The van der Waals surface area contributed by atoms with Crippen molar-refractivity contribution in [1.29, 1.82) is 0 Å². The number of aromatic nitrogens is 3. The third kappa shape index (κ3) is 6.57. The second kappa shape index (κ2) is 12.0. The van der Waals surface area contributed by atoms with E-state index >= 15 is 0 Å². The molecule has 0 fully saturated rings. The first-order chi connectivity index (χ1) is 17.2. The molecule has 4 rings (SSSR count). The molecule has 1 aliphatic heterocycles. The summed E-state index contributed by atoms with van der Waals surface area (Å²) in [6, 6.07) is 15.1. The number of nitrogens with zero attached hydrogens (tertiary/aromatic N) is 3. The number of hydrogen-bond acceptors (Lipinski definition) is 10. The number of esters is 1. The van der Waals surface area contributed by atoms with Gasteiger partial charge in [-0.15, -0.1) is 0 Å². The molecular weight excluding hydrogens is 450 g/mol. The summed E-state index contributed by atoms with van der Waals surface area (Å²) in [6.07, 6.45) is 1.57. The molecule has 1 aromatic heterocycles. The smallest absolute Gasteiger partial charge is 0.341 e. The predicted octanol–water partition coefficient (Wildman–Crippen LogP) is 4.14.